The Hall–Kier alpha value is -1.07. The maximum absolute atomic E-state index is 12.8. The van der Waals surface area contributed by atoms with E-state index in [9.17, 15) is 9.18 Å². The zero-order valence-electron chi connectivity index (χ0n) is 12.7. The van der Waals surface area contributed by atoms with E-state index in [1.54, 1.807) is 23.9 Å². The van der Waals surface area contributed by atoms with Crippen molar-refractivity contribution in [1.82, 2.24) is 9.80 Å². The number of carbonyl (C=O) groups is 1. The molecule has 1 saturated heterocycles. The van der Waals surface area contributed by atoms with Gasteiger partial charge in [0.15, 0.2) is 0 Å². The summed E-state index contributed by atoms with van der Waals surface area (Å²) in [7, 11) is 0. The van der Waals surface area contributed by atoms with E-state index in [1.165, 1.54) is 12.1 Å². The van der Waals surface area contributed by atoms with Gasteiger partial charge in [0.2, 0.25) is 5.91 Å². The van der Waals surface area contributed by atoms with Gasteiger partial charge in [-0.2, -0.15) is 0 Å². The lowest BCUT2D eigenvalue weighted by Crippen LogP contribution is -2.50. The van der Waals surface area contributed by atoms with Crippen molar-refractivity contribution >= 4 is 17.7 Å². The largest absolute Gasteiger partial charge is 0.340 e. The van der Waals surface area contributed by atoms with E-state index in [1.807, 2.05) is 4.90 Å². The molecule has 1 amide bonds. The monoisotopic (exact) mass is 310 g/mol. The molecule has 5 heteroatoms. The molecule has 1 aliphatic heterocycles. The van der Waals surface area contributed by atoms with E-state index < -0.39 is 0 Å². The lowest BCUT2D eigenvalue weighted by molar-refractivity contribution is -0.132. The number of rotatable bonds is 5. The minimum absolute atomic E-state index is 0.224. The maximum Gasteiger partial charge on any atom is 0.223 e. The van der Waals surface area contributed by atoms with Gasteiger partial charge in [-0.05, 0) is 38.1 Å². The Labute approximate surface area is 130 Å². The Balaban J connectivity index is 1.69. The molecule has 1 aromatic rings. The van der Waals surface area contributed by atoms with Crippen LogP contribution in [-0.4, -0.2) is 53.7 Å². The zero-order chi connectivity index (χ0) is 15.2. The van der Waals surface area contributed by atoms with Gasteiger partial charge in [-0.25, -0.2) is 4.39 Å². The molecule has 0 aliphatic carbocycles. The minimum Gasteiger partial charge on any atom is -0.340 e. The standard InChI is InChI=1S/C16H23FN2OS/c1-13(2)18-8-10-19(11-9-18)16(20)7-12-21-15-5-3-14(17)4-6-15/h3-6,13H,7-12H2,1-2H3. The highest BCUT2D eigenvalue weighted by atomic mass is 32.2. The molecule has 0 radical (unpaired) electrons. The highest BCUT2D eigenvalue weighted by molar-refractivity contribution is 7.99. The maximum atomic E-state index is 12.8. The second-order valence-electron chi connectivity index (χ2n) is 5.56. The van der Waals surface area contributed by atoms with Crippen LogP contribution >= 0.6 is 11.8 Å². The summed E-state index contributed by atoms with van der Waals surface area (Å²) in [5.74, 6) is 0.751. The fraction of sp³-hybridized carbons (Fsp3) is 0.562. The smallest absolute Gasteiger partial charge is 0.223 e. The summed E-state index contributed by atoms with van der Waals surface area (Å²) in [6, 6.07) is 6.97. The number of hydrogen-bond acceptors (Lipinski definition) is 3. The first-order valence-electron chi connectivity index (χ1n) is 7.46. The third-order valence-electron chi connectivity index (χ3n) is 3.80. The first kappa shape index (κ1) is 16.3. The van der Waals surface area contributed by atoms with Gasteiger partial charge in [-0.3, -0.25) is 9.69 Å². The summed E-state index contributed by atoms with van der Waals surface area (Å²) in [5, 5.41) is 0. The van der Waals surface area contributed by atoms with Gasteiger partial charge in [0, 0.05) is 49.3 Å². The number of amides is 1. The number of piperazine rings is 1. The molecular formula is C16H23FN2OS. The molecule has 2 rings (SSSR count). The lowest BCUT2D eigenvalue weighted by Gasteiger charge is -2.37. The summed E-state index contributed by atoms with van der Waals surface area (Å²) in [6.07, 6.45) is 0.545. The van der Waals surface area contributed by atoms with E-state index in [0.29, 0.717) is 12.5 Å². The molecular weight excluding hydrogens is 287 g/mol. The highest BCUT2D eigenvalue weighted by Gasteiger charge is 2.21. The minimum atomic E-state index is -0.224. The molecule has 0 bridgehead atoms. The summed E-state index contributed by atoms with van der Waals surface area (Å²) >= 11 is 1.60. The SMILES string of the molecule is CC(C)N1CCN(C(=O)CCSc2ccc(F)cc2)CC1. The molecule has 0 unspecified atom stereocenters. The molecule has 1 aromatic carbocycles. The third kappa shape index (κ3) is 5.00. The van der Waals surface area contributed by atoms with Crippen LogP contribution in [-0.2, 0) is 4.79 Å². The van der Waals surface area contributed by atoms with Crippen LogP contribution in [0.3, 0.4) is 0 Å². The van der Waals surface area contributed by atoms with Crippen molar-refractivity contribution < 1.29 is 9.18 Å². The topological polar surface area (TPSA) is 23.6 Å². The Kier molecular flexibility index (Phi) is 6.06. The molecule has 1 heterocycles. The predicted molar refractivity (Wildman–Crippen MR) is 85.0 cm³/mol. The van der Waals surface area contributed by atoms with Crippen molar-refractivity contribution in [2.24, 2.45) is 0 Å². The number of carbonyl (C=O) groups excluding carboxylic acids is 1. The van der Waals surface area contributed by atoms with Crippen molar-refractivity contribution in [3.05, 3.63) is 30.1 Å². The van der Waals surface area contributed by atoms with Crippen LogP contribution in [0.15, 0.2) is 29.2 Å². The number of nitrogens with zero attached hydrogens (tertiary/aromatic N) is 2. The molecule has 0 saturated carbocycles. The highest BCUT2D eigenvalue weighted by Crippen LogP contribution is 2.19. The van der Waals surface area contributed by atoms with Crippen LogP contribution in [0.4, 0.5) is 4.39 Å². The number of thioether (sulfide) groups is 1. The molecule has 21 heavy (non-hydrogen) atoms. The Bertz CT molecular complexity index is 456. The summed E-state index contributed by atoms with van der Waals surface area (Å²) in [5.41, 5.74) is 0. The van der Waals surface area contributed by atoms with Crippen molar-refractivity contribution in [3.8, 4) is 0 Å². The van der Waals surface area contributed by atoms with Gasteiger partial charge >= 0.3 is 0 Å². The summed E-state index contributed by atoms with van der Waals surface area (Å²) < 4.78 is 12.8. The summed E-state index contributed by atoms with van der Waals surface area (Å²) in [4.78, 5) is 17.5. The Morgan fingerprint density at radius 1 is 1.19 bits per heavy atom. The molecule has 0 N–H and O–H groups in total. The van der Waals surface area contributed by atoms with Crippen LogP contribution in [0, 0.1) is 5.82 Å². The van der Waals surface area contributed by atoms with Crippen molar-refractivity contribution in [3.63, 3.8) is 0 Å². The van der Waals surface area contributed by atoms with Crippen molar-refractivity contribution in [2.45, 2.75) is 31.2 Å². The second kappa shape index (κ2) is 7.80. The van der Waals surface area contributed by atoms with Gasteiger partial charge in [0.05, 0.1) is 0 Å². The average molecular weight is 310 g/mol. The fourth-order valence-corrected chi connectivity index (χ4v) is 3.27. The third-order valence-corrected chi connectivity index (χ3v) is 4.81. The number of hydrogen-bond donors (Lipinski definition) is 0. The zero-order valence-corrected chi connectivity index (χ0v) is 13.5. The predicted octanol–water partition coefficient (Wildman–Crippen LogP) is 2.86. The van der Waals surface area contributed by atoms with E-state index >= 15 is 0 Å². The molecule has 1 aliphatic rings. The molecule has 0 aromatic heterocycles. The van der Waals surface area contributed by atoms with E-state index in [2.05, 4.69) is 18.7 Å². The molecule has 116 valence electrons. The van der Waals surface area contributed by atoms with E-state index in [-0.39, 0.29) is 11.7 Å². The first-order chi connectivity index (χ1) is 10.1. The van der Waals surface area contributed by atoms with Gasteiger partial charge in [-0.15, -0.1) is 11.8 Å². The molecule has 0 atom stereocenters. The van der Waals surface area contributed by atoms with Gasteiger partial charge < -0.3 is 4.90 Å². The van der Waals surface area contributed by atoms with Crippen LogP contribution in [0.5, 0.6) is 0 Å². The van der Waals surface area contributed by atoms with E-state index in [4.69, 9.17) is 0 Å². The van der Waals surface area contributed by atoms with E-state index in [0.717, 1.165) is 36.8 Å². The Morgan fingerprint density at radius 3 is 2.38 bits per heavy atom. The molecule has 1 fully saturated rings. The number of benzene rings is 1. The van der Waals surface area contributed by atoms with Gasteiger partial charge in [0.25, 0.3) is 0 Å². The molecule has 0 spiro atoms. The van der Waals surface area contributed by atoms with Crippen LogP contribution < -0.4 is 0 Å². The van der Waals surface area contributed by atoms with Gasteiger partial charge in [-0.1, -0.05) is 0 Å². The van der Waals surface area contributed by atoms with Crippen molar-refractivity contribution in [2.75, 3.05) is 31.9 Å². The fourth-order valence-electron chi connectivity index (χ4n) is 2.43. The average Bonchev–Trinajstić information content (AvgIpc) is 2.49. The summed E-state index contributed by atoms with van der Waals surface area (Å²) in [6.45, 7) is 7.98. The number of halogens is 1. The van der Waals surface area contributed by atoms with Crippen LogP contribution in [0.1, 0.15) is 20.3 Å². The van der Waals surface area contributed by atoms with Crippen molar-refractivity contribution in [1.29, 1.82) is 0 Å². The van der Waals surface area contributed by atoms with Crippen LogP contribution in [0.2, 0.25) is 0 Å². The second-order valence-corrected chi connectivity index (χ2v) is 6.73. The first-order valence-corrected chi connectivity index (χ1v) is 8.45. The van der Waals surface area contributed by atoms with Crippen LogP contribution in [0.25, 0.3) is 0 Å². The van der Waals surface area contributed by atoms with Gasteiger partial charge in [0.1, 0.15) is 5.82 Å². The molecule has 3 nitrogen and oxygen atoms in total. The normalized spacial score (nSPS) is 16.5. The quantitative estimate of drug-likeness (QED) is 0.781. The Morgan fingerprint density at radius 2 is 1.81 bits per heavy atom. The lowest BCUT2D eigenvalue weighted by atomic mass is 10.2.